The van der Waals surface area contributed by atoms with Gasteiger partial charge in [0.2, 0.25) is 5.95 Å². The summed E-state index contributed by atoms with van der Waals surface area (Å²) >= 11 is 1.59. The number of pyridine rings is 1. The van der Waals surface area contributed by atoms with E-state index in [2.05, 4.69) is 46.1 Å². The SMILES string of the molecule is CC(c1nc(-c2ccncc2)cs1)C(O)C1(c2ccc(-c3cnc(N)nc3)cc2)CCOCC1. The summed E-state index contributed by atoms with van der Waals surface area (Å²) in [5.41, 5.74) is 10.2. The quantitative estimate of drug-likeness (QED) is 0.426. The molecule has 0 aliphatic carbocycles. The van der Waals surface area contributed by atoms with Gasteiger partial charge < -0.3 is 15.6 Å². The van der Waals surface area contributed by atoms with Crippen LogP contribution in [0.15, 0.2) is 66.6 Å². The smallest absolute Gasteiger partial charge is 0.219 e. The zero-order chi connectivity index (χ0) is 23.5. The molecule has 34 heavy (non-hydrogen) atoms. The Morgan fingerprint density at radius 3 is 2.32 bits per heavy atom. The lowest BCUT2D eigenvalue weighted by Gasteiger charge is -2.43. The minimum absolute atomic E-state index is 0.121. The standard InChI is InChI=1S/C26H27N5O2S/c1-17(24-31-22(16-34-24)19-6-10-28-11-7-19)23(32)26(8-12-33-13-9-26)21-4-2-18(3-5-21)20-14-29-25(27)30-15-20/h2-7,10-11,14-17,23,32H,8-9,12-13H2,1H3,(H2,27,29,30). The van der Waals surface area contributed by atoms with Gasteiger partial charge in [-0.25, -0.2) is 15.0 Å². The number of hydrogen-bond donors (Lipinski definition) is 2. The minimum atomic E-state index is -0.599. The van der Waals surface area contributed by atoms with Crippen LogP contribution in [0.1, 0.15) is 36.3 Å². The summed E-state index contributed by atoms with van der Waals surface area (Å²) < 4.78 is 5.69. The molecule has 4 aromatic rings. The summed E-state index contributed by atoms with van der Waals surface area (Å²) in [6.07, 6.45) is 7.89. The number of anilines is 1. The minimum Gasteiger partial charge on any atom is -0.391 e. The average molecular weight is 474 g/mol. The number of nitrogens with zero attached hydrogens (tertiary/aromatic N) is 4. The number of ether oxygens (including phenoxy) is 1. The van der Waals surface area contributed by atoms with Gasteiger partial charge in [-0.2, -0.15) is 0 Å². The van der Waals surface area contributed by atoms with Crippen molar-refractivity contribution < 1.29 is 9.84 Å². The molecule has 8 heteroatoms. The van der Waals surface area contributed by atoms with E-state index in [0.29, 0.717) is 13.2 Å². The van der Waals surface area contributed by atoms with Gasteiger partial charge >= 0.3 is 0 Å². The van der Waals surface area contributed by atoms with E-state index < -0.39 is 11.5 Å². The highest BCUT2D eigenvalue weighted by molar-refractivity contribution is 7.10. The number of aromatic nitrogens is 4. The van der Waals surface area contributed by atoms with Crippen LogP contribution in [0.25, 0.3) is 22.4 Å². The predicted molar refractivity (Wildman–Crippen MR) is 133 cm³/mol. The topological polar surface area (TPSA) is 107 Å². The first-order valence-corrected chi connectivity index (χ1v) is 12.2. The molecule has 3 N–H and O–H groups in total. The molecule has 0 spiro atoms. The van der Waals surface area contributed by atoms with Crippen molar-refractivity contribution in [1.82, 2.24) is 19.9 Å². The molecule has 5 rings (SSSR count). The van der Waals surface area contributed by atoms with E-state index in [1.54, 1.807) is 36.1 Å². The van der Waals surface area contributed by atoms with Gasteiger partial charge in [0.25, 0.3) is 0 Å². The molecule has 0 bridgehead atoms. The maximum absolute atomic E-state index is 11.8. The highest BCUT2D eigenvalue weighted by Crippen LogP contribution is 2.44. The summed E-state index contributed by atoms with van der Waals surface area (Å²) in [4.78, 5) is 17.1. The van der Waals surface area contributed by atoms with Crippen LogP contribution in [0.2, 0.25) is 0 Å². The Morgan fingerprint density at radius 2 is 1.65 bits per heavy atom. The highest BCUT2D eigenvalue weighted by atomic mass is 32.1. The van der Waals surface area contributed by atoms with Gasteiger partial charge in [-0.3, -0.25) is 4.98 Å². The third kappa shape index (κ3) is 4.32. The maximum Gasteiger partial charge on any atom is 0.219 e. The van der Waals surface area contributed by atoms with E-state index in [-0.39, 0.29) is 11.9 Å². The summed E-state index contributed by atoms with van der Waals surface area (Å²) in [6.45, 7) is 3.31. The van der Waals surface area contributed by atoms with Gasteiger partial charge in [0.05, 0.1) is 16.8 Å². The number of benzene rings is 1. The molecule has 1 aliphatic heterocycles. The average Bonchev–Trinajstić information content (AvgIpc) is 3.40. The number of aliphatic hydroxyl groups is 1. The monoisotopic (exact) mass is 473 g/mol. The Kier molecular flexibility index (Phi) is 6.36. The molecular formula is C26H27N5O2S. The fourth-order valence-electron chi connectivity index (χ4n) is 4.74. The first kappa shape index (κ1) is 22.6. The normalized spacial score (nSPS) is 17.2. The van der Waals surface area contributed by atoms with Crippen LogP contribution in [0, 0.1) is 0 Å². The van der Waals surface area contributed by atoms with Crippen molar-refractivity contribution in [1.29, 1.82) is 0 Å². The number of nitrogens with two attached hydrogens (primary N) is 1. The molecule has 4 heterocycles. The van der Waals surface area contributed by atoms with Gasteiger partial charge in [-0.1, -0.05) is 31.2 Å². The fraction of sp³-hybridized carbons (Fsp3) is 0.308. The number of nitrogen functional groups attached to an aromatic ring is 1. The second-order valence-electron chi connectivity index (χ2n) is 8.72. The van der Waals surface area contributed by atoms with E-state index >= 15 is 0 Å². The number of aliphatic hydroxyl groups excluding tert-OH is 1. The fourth-order valence-corrected chi connectivity index (χ4v) is 5.65. The van der Waals surface area contributed by atoms with Gasteiger partial charge in [-0.15, -0.1) is 11.3 Å². The second kappa shape index (κ2) is 9.58. The van der Waals surface area contributed by atoms with Crippen molar-refractivity contribution in [3.63, 3.8) is 0 Å². The summed E-state index contributed by atoms with van der Waals surface area (Å²) in [7, 11) is 0. The molecule has 1 aromatic carbocycles. The number of hydrogen-bond acceptors (Lipinski definition) is 8. The lowest BCUT2D eigenvalue weighted by Crippen LogP contribution is -2.46. The van der Waals surface area contributed by atoms with Gasteiger partial charge in [0.15, 0.2) is 0 Å². The van der Waals surface area contributed by atoms with Crippen molar-refractivity contribution in [2.24, 2.45) is 0 Å². The van der Waals surface area contributed by atoms with E-state index in [4.69, 9.17) is 15.5 Å². The first-order valence-electron chi connectivity index (χ1n) is 11.4. The third-order valence-corrected chi connectivity index (χ3v) is 7.82. The largest absolute Gasteiger partial charge is 0.391 e. The Labute approximate surface area is 202 Å². The van der Waals surface area contributed by atoms with E-state index in [1.807, 2.05) is 17.5 Å². The predicted octanol–water partition coefficient (Wildman–Crippen LogP) is 4.46. The van der Waals surface area contributed by atoms with Crippen LogP contribution in [0.5, 0.6) is 0 Å². The van der Waals surface area contributed by atoms with Crippen LogP contribution in [-0.2, 0) is 10.2 Å². The molecule has 0 amide bonds. The van der Waals surface area contributed by atoms with Crippen molar-refractivity contribution in [3.8, 4) is 22.4 Å². The van der Waals surface area contributed by atoms with Gasteiger partial charge in [0, 0.05) is 65.8 Å². The summed E-state index contributed by atoms with van der Waals surface area (Å²) in [6, 6.07) is 12.2. The molecule has 2 unspecified atom stereocenters. The van der Waals surface area contributed by atoms with Crippen LogP contribution in [-0.4, -0.2) is 44.4 Å². The Bertz CT molecular complexity index is 1220. The summed E-state index contributed by atoms with van der Waals surface area (Å²) in [5.74, 6) is 0.136. The number of thiazole rings is 1. The molecule has 2 atom stereocenters. The van der Waals surface area contributed by atoms with E-state index in [1.165, 1.54) is 0 Å². The van der Waals surface area contributed by atoms with Crippen molar-refractivity contribution in [2.45, 2.75) is 37.2 Å². The van der Waals surface area contributed by atoms with Crippen LogP contribution in [0.3, 0.4) is 0 Å². The highest BCUT2D eigenvalue weighted by Gasteiger charge is 2.44. The third-order valence-electron chi connectivity index (χ3n) is 6.78. The molecule has 1 aliphatic rings. The van der Waals surface area contributed by atoms with Crippen molar-refractivity contribution >= 4 is 17.3 Å². The zero-order valence-corrected chi connectivity index (χ0v) is 19.8. The molecular weight excluding hydrogens is 446 g/mol. The molecule has 0 radical (unpaired) electrons. The van der Waals surface area contributed by atoms with Crippen LogP contribution < -0.4 is 5.73 Å². The lowest BCUT2D eigenvalue weighted by atomic mass is 9.67. The lowest BCUT2D eigenvalue weighted by molar-refractivity contribution is -0.0246. The van der Waals surface area contributed by atoms with E-state index in [0.717, 1.165) is 45.8 Å². The molecule has 1 saturated heterocycles. The first-order chi connectivity index (χ1) is 16.6. The Hall–Kier alpha value is -3.20. The molecule has 1 fully saturated rings. The van der Waals surface area contributed by atoms with Crippen LogP contribution >= 0.6 is 11.3 Å². The summed E-state index contributed by atoms with van der Waals surface area (Å²) in [5, 5.41) is 14.7. The van der Waals surface area contributed by atoms with Crippen molar-refractivity contribution in [2.75, 3.05) is 18.9 Å². The Balaban J connectivity index is 1.43. The van der Waals surface area contributed by atoms with E-state index in [9.17, 15) is 5.11 Å². The Morgan fingerprint density at radius 1 is 0.971 bits per heavy atom. The molecule has 174 valence electrons. The van der Waals surface area contributed by atoms with Gasteiger partial charge in [0.1, 0.15) is 0 Å². The zero-order valence-electron chi connectivity index (χ0n) is 19.0. The molecule has 3 aromatic heterocycles. The maximum atomic E-state index is 11.8. The number of rotatable bonds is 6. The van der Waals surface area contributed by atoms with Crippen LogP contribution in [0.4, 0.5) is 5.95 Å². The second-order valence-corrected chi connectivity index (χ2v) is 9.61. The van der Waals surface area contributed by atoms with Gasteiger partial charge in [-0.05, 0) is 36.1 Å². The molecule has 0 saturated carbocycles. The molecule has 7 nitrogen and oxygen atoms in total. The van der Waals surface area contributed by atoms with Crippen molar-refractivity contribution in [3.05, 3.63) is 77.1 Å².